The molecule has 2 rings (SSSR count). The number of carbonyl (C=O) groups excluding carboxylic acids is 1. The Morgan fingerprint density at radius 3 is 2.57 bits per heavy atom. The smallest absolute Gasteiger partial charge is 0.221 e. The summed E-state index contributed by atoms with van der Waals surface area (Å²) in [5, 5.41) is 6.37. The van der Waals surface area contributed by atoms with Crippen molar-refractivity contribution in [2.24, 2.45) is 0 Å². The summed E-state index contributed by atoms with van der Waals surface area (Å²) >= 11 is 0. The molecule has 116 valence electrons. The number of para-hydroxylation sites is 1. The van der Waals surface area contributed by atoms with E-state index in [0.717, 1.165) is 30.9 Å². The third-order valence-corrected chi connectivity index (χ3v) is 3.95. The van der Waals surface area contributed by atoms with Crippen molar-refractivity contribution in [1.82, 2.24) is 10.2 Å². The van der Waals surface area contributed by atoms with Gasteiger partial charge in [0.2, 0.25) is 5.91 Å². The minimum atomic E-state index is -0.0213. The molecule has 2 N–H and O–H groups in total. The molecule has 1 aliphatic heterocycles. The van der Waals surface area contributed by atoms with Crippen molar-refractivity contribution >= 4 is 11.6 Å². The Balaban J connectivity index is 1.74. The molecule has 21 heavy (non-hydrogen) atoms. The van der Waals surface area contributed by atoms with E-state index in [1.54, 1.807) is 6.92 Å². The van der Waals surface area contributed by atoms with Crippen LogP contribution in [0.25, 0.3) is 0 Å². The minimum Gasteiger partial charge on any atom is -0.326 e. The quantitative estimate of drug-likeness (QED) is 0.791. The number of hydrogen-bond donors (Lipinski definition) is 2. The van der Waals surface area contributed by atoms with E-state index >= 15 is 0 Å². The van der Waals surface area contributed by atoms with E-state index in [2.05, 4.69) is 21.6 Å². The summed E-state index contributed by atoms with van der Waals surface area (Å²) in [6, 6.07) is 7.97. The summed E-state index contributed by atoms with van der Waals surface area (Å²) in [5.74, 6) is -0.0213. The van der Waals surface area contributed by atoms with Gasteiger partial charge in [0.15, 0.2) is 0 Å². The van der Waals surface area contributed by atoms with Gasteiger partial charge in [0, 0.05) is 32.2 Å². The number of benzene rings is 1. The number of nitrogens with zero attached hydrogens (tertiary/aromatic N) is 1. The monoisotopic (exact) mass is 289 g/mol. The van der Waals surface area contributed by atoms with Crippen LogP contribution in [0.4, 0.5) is 5.69 Å². The molecule has 0 bridgehead atoms. The van der Waals surface area contributed by atoms with Crippen LogP contribution in [-0.4, -0.2) is 37.0 Å². The molecule has 4 nitrogen and oxygen atoms in total. The van der Waals surface area contributed by atoms with Crippen molar-refractivity contribution in [2.75, 3.05) is 31.5 Å². The Labute approximate surface area is 127 Å². The van der Waals surface area contributed by atoms with Crippen LogP contribution in [0.5, 0.6) is 0 Å². The molecule has 0 aliphatic carbocycles. The first-order chi connectivity index (χ1) is 10.3. The van der Waals surface area contributed by atoms with Crippen LogP contribution in [0.2, 0.25) is 0 Å². The molecule has 1 saturated heterocycles. The second-order valence-corrected chi connectivity index (χ2v) is 5.77. The first kappa shape index (κ1) is 16.0. The van der Waals surface area contributed by atoms with Gasteiger partial charge in [0.1, 0.15) is 0 Å². The van der Waals surface area contributed by atoms with E-state index in [9.17, 15) is 4.79 Å². The average molecular weight is 289 g/mol. The molecule has 4 heteroatoms. The van der Waals surface area contributed by atoms with E-state index in [4.69, 9.17) is 0 Å². The Hall–Kier alpha value is -1.39. The van der Waals surface area contributed by atoms with Gasteiger partial charge in [-0.1, -0.05) is 31.0 Å². The van der Waals surface area contributed by atoms with Crippen molar-refractivity contribution in [3.05, 3.63) is 29.8 Å². The highest BCUT2D eigenvalue weighted by molar-refractivity contribution is 5.89. The SMILES string of the molecule is CC(=O)Nc1ccccc1CNCCN1CCCCCC1. The van der Waals surface area contributed by atoms with Gasteiger partial charge in [-0.3, -0.25) is 4.79 Å². The molecule has 0 unspecified atom stereocenters. The fourth-order valence-electron chi connectivity index (χ4n) is 2.81. The van der Waals surface area contributed by atoms with E-state index < -0.39 is 0 Å². The molecular weight excluding hydrogens is 262 g/mol. The standard InChI is InChI=1S/C17H27N3O/c1-15(21)19-17-9-5-4-8-16(17)14-18-10-13-20-11-6-2-3-7-12-20/h4-5,8-9,18H,2-3,6-7,10-14H2,1H3,(H,19,21). The molecule has 1 aromatic carbocycles. The first-order valence-corrected chi connectivity index (χ1v) is 8.04. The molecule has 0 atom stereocenters. The van der Waals surface area contributed by atoms with Crippen LogP contribution < -0.4 is 10.6 Å². The van der Waals surface area contributed by atoms with Crippen LogP contribution in [0.15, 0.2) is 24.3 Å². The number of carbonyl (C=O) groups is 1. The summed E-state index contributed by atoms with van der Waals surface area (Å²) < 4.78 is 0. The van der Waals surface area contributed by atoms with Crippen molar-refractivity contribution in [3.8, 4) is 0 Å². The van der Waals surface area contributed by atoms with Crippen molar-refractivity contribution in [1.29, 1.82) is 0 Å². The zero-order chi connectivity index (χ0) is 14.9. The highest BCUT2D eigenvalue weighted by atomic mass is 16.1. The predicted molar refractivity (Wildman–Crippen MR) is 87.4 cm³/mol. The van der Waals surface area contributed by atoms with Crippen LogP contribution >= 0.6 is 0 Å². The lowest BCUT2D eigenvalue weighted by atomic mass is 10.1. The number of amides is 1. The van der Waals surface area contributed by atoms with Crippen molar-refractivity contribution in [2.45, 2.75) is 39.2 Å². The fraction of sp³-hybridized carbons (Fsp3) is 0.588. The topological polar surface area (TPSA) is 44.4 Å². The Bertz CT molecular complexity index is 439. The molecule has 0 radical (unpaired) electrons. The van der Waals surface area contributed by atoms with E-state index in [0.29, 0.717) is 0 Å². The minimum absolute atomic E-state index is 0.0213. The molecule has 1 aliphatic rings. The highest BCUT2D eigenvalue weighted by Gasteiger charge is 2.08. The van der Waals surface area contributed by atoms with Crippen LogP contribution in [-0.2, 0) is 11.3 Å². The molecule has 0 saturated carbocycles. The Morgan fingerprint density at radius 1 is 1.14 bits per heavy atom. The second kappa shape index (κ2) is 8.80. The summed E-state index contributed by atoms with van der Waals surface area (Å²) in [6.07, 6.45) is 5.44. The van der Waals surface area contributed by atoms with Gasteiger partial charge < -0.3 is 15.5 Å². The molecular formula is C17H27N3O. The maximum absolute atomic E-state index is 11.2. The summed E-state index contributed by atoms with van der Waals surface area (Å²) in [5.41, 5.74) is 2.05. The van der Waals surface area contributed by atoms with Crippen LogP contribution in [0.1, 0.15) is 38.2 Å². The maximum atomic E-state index is 11.2. The summed E-state index contributed by atoms with van der Waals surface area (Å²) in [7, 11) is 0. The molecule has 1 amide bonds. The van der Waals surface area contributed by atoms with E-state index in [1.807, 2.05) is 18.2 Å². The third kappa shape index (κ3) is 5.86. The normalized spacial score (nSPS) is 16.4. The molecule has 1 aromatic rings. The zero-order valence-corrected chi connectivity index (χ0v) is 13.0. The van der Waals surface area contributed by atoms with Crippen LogP contribution in [0.3, 0.4) is 0 Å². The third-order valence-electron chi connectivity index (χ3n) is 3.95. The van der Waals surface area contributed by atoms with Gasteiger partial charge >= 0.3 is 0 Å². The van der Waals surface area contributed by atoms with E-state index in [-0.39, 0.29) is 5.91 Å². The summed E-state index contributed by atoms with van der Waals surface area (Å²) in [6.45, 7) is 6.93. The van der Waals surface area contributed by atoms with Crippen molar-refractivity contribution < 1.29 is 4.79 Å². The van der Waals surface area contributed by atoms with Gasteiger partial charge in [-0.15, -0.1) is 0 Å². The lowest BCUT2D eigenvalue weighted by Crippen LogP contribution is -2.32. The van der Waals surface area contributed by atoms with Gasteiger partial charge in [0.05, 0.1) is 0 Å². The van der Waals surface area contributed by atoms with Gasteiger partial charge in [0.25, 0.3) is 0 Å². The largest absolute Gasteiger partial charge is 0.326 e. The maximum Gasteiger partial charge on any atom is 0.221 e. The average Bonchev–Trinajstić information content (AvgIpc) is 2.73. The van der Waals surface area contributed by atoms with Crippen LogP contribution in [0, 0.1) is 0 Å². The number of anilines is 1. The Kier molecular flexibility index (Phi) is 6.70. The molecule has 1 fully saturated rings. The molecule has 0 aromatic heterocycles. The second-order valence-electron chi connectivity index (χ2n) is 5.77. The Morgan fingerprint density at radius 2 is 1.86 bits per heavy atom. The zero-order valence-electron chi connectivity index (χ0n) is 13.0. The van der Waals surface area contributed by atoms with Gasteiger partial charge in [-0.25, -0.2) is 0 Å². The van der Waals surface area contributed by atoms with E-state index in [1.165, 1.54) is 38.8 Å². The highest BCUT2D eigenvalue weighted by Crippen LogP contribution is 2.14. The van der Waals surface area contributed by atoms with Gasteiger partial charge in [-0.05, 0) is 37.6 Å². The lowest BCUT2D eigenvalue weighted by Gasteiger charge is -2.20. The number of nitrogens with one attached hydrogen (secondary N) is 2. The number of rotatable bonds is 6. The van der Waals surface area contributed by atoms with Gasteiger partial charge in [-0.2, -0.15) is 0 Å². The van der Waals surface area contributed by atoms with Crippen molar-refractivity contribution in [3.63, 3.8) is 0 Å². The number of likely N-dealkylation sites (tertiary alicyclic amines) is 1. The lowest BCUT2D eigenvalue weighted by molar-refractivity contribution is -0.114. The fourth-order valence-corrected chi connectivity index (χ4v) is 2.81. The number of hydrogen-bond acceptors (Lipinski definition) is 3. The molecule has 1 heterocycles. The predicted octanol–water partition coefficient (Wildman–Crippen LogP) is 2.61. The summed E-state index contributed by atoms with van der Waals surface area (Å²) in [4.78, 5) is 13.8. The molecule has 0 spiro atoms. The first-order valence-electron chi connectivity index (χ1n) is 8.04.